The minimum Gasteiger partial charge on any atom is -0.487 e. The van der Waals surface area contributed by atoms with E-state index in [1.165, 1.54) is 10.9 Å². The lowest BCUT2D eigenvalue weighted by Crippen LogP contribution is -2.50. The van der Waals surface area contributed by atoms with Crippen molar-refractivity contribution in [2.45, 2.75) is 318 Å². The van der Waals surface area contributed by atoms with Crippen LogP contribution in [0.1, 0.15) is 244 Å². The number of nitrogens with two attached hydrogens (primary N) is 3. The molecule has 34 heteroatoms. The predicted molar refractivity (Wildman–Crippen MR) is 438 cm³/mol. The lowest BCUT2D eigenvalue weighted by molar-refractivity contribution is -0.144. The number of amides is 4. The number of amidine groups is 1. The standard InChI is InChI=1S/C80H127N13O19S2.CH4/c1-21-45(4)55(71(98)90-65(44(2)3)63(96)37-53(72(99)100)28-22-24-32-86-75(103)111-77(11,12)13)39-62(95)59(31-27-33-84-64(82)43-113(105,106)68-48(7)46(5)56-40-79(17,18)109-66(56)50(68)9)88-70(97)52(29-26-34-85-74(83)91-114(107,108)69-49(8)47(6)57-41-80(19,20)110-67(57)51(69)10)36-61(94)60(89-76(104)112-78(14,15)16)38-54-42-87-92-93(54)35-25-23-30-58(81)73(101)102;/h42,44-45,52-53,55,58-60,65H,21-41,43,81H2,1-20H3,(H2,82,84)(H,86,103)(H,88,97)(H,89,104)(H,90,98)(H,99,100)(H,101,102)(H3,83,85,91);1H4/t45?,52-,53-,55+,58?,59+,60+,65+;/m0./s1. The Hall–Kier alpha value is -8.79. The van der Waals surface area contributed by atoms with E-state index < -0.39 is 180 Å². The number of sulfonamides is 1. The number of hydrogen-bond donors (Lipinski definition) is 10. The van der Waals surface area contributed by atoms with E-state index in [0.717, 1.165) is 22.3 Å². The summed E-state index contributed by atoms with van der Waals surface area (Å²) in [6.07, 6.45) is 0.659. The average molecular weight is 1660 g/mol. The summed E-state index contributed by atoms with van der Waals surface area (Å²) < 4.78 is 84.5. The Morgan fingerprint density at radius 2 is 1.15 bits per heavy atom. The number of aliphatic imine (C=N–C) groups is 2. The molecule has 8 atom stereocenters. The van der Waals surface area contributed by atoms with Crippen LogP contribution in [-0.2, 0) is 88.7 Å². The normalized spacial score (nSPS) is 16.2. The van der Waals surface area contributed by atoms with Gasteiger partial charge in [0.15, 0.2) is 27.2 Å². The van der Waals surface area contributed by atoms with Gasteiger partial charge in [-0.1, -0.05) is 53.2 Å². The maximum atomic E-state index is 15.5. The second-order valence-corrected chi connectivity index (χ2v) is 37.7. The molecule has 2 aliphatic rings. The van der Waals surface area contributed by atoms with E-state index in [1.54, 1.807) is 96.9 Å². The van der Waals surface area contributed by atoms with Gasteiger partial charge in [0.25, 0.3) is 10.0 Å². The molecule has 0 fully saturated rings. The highest BCUT2D eigenvalue weighted by atomic mass is 32.2. The number of nitrogens with one attached hydrogen (secondary N) is 5. The molecule has 5 rings (SSSR count). The summed E-state index contributed by atoms with van der Waals surface area (Å²) in [4.78, 5) is 134. The van der Waals surface area contributed by atoms with Crippen LogP contribution >= 0.6 is 0 Å². The number of ketones is 3. The number of Topliss-reactive ketones (excluding diaryl/α,β-unsaturated/α-hetero) is 3. The molecule has 115 heavy (non-hydrogen) atoms. The Kier molecular flexibility index (Phi) is 35.9. The van der Waals surface area contributed by atoms with Gasteiger partial charge < -0.3 is 67.6 Å². The molecular formula is C81H131N13O19S2. The number of carbonyl (C=O) groups excluding carboxylic acids is 7. The highest BCUT2D eigenvalue weighted by molar-refractivity contribution is 7.92. The van der Waals surface area contributed by atoms with Crippen LogP contribution in [0.4, 0.5) is 9.59 Å². The first-order chi connectivity index (χ1) is 52.7. The van der Waals surface area contributed by atoms with E-state index in [2.05, 4.69) is 46.3 Å². The van der Waals surface area contributed by atoms with Crippen molar-refractivity contribution in [2.75, 3.05) is 25.4 Å². The molecule has 0 aliphatic carbocycles. The van der Waals surface area contributed by atoms with Crippen molar-refractivity contribution in [1.82, 2.24) is 41.0 Å². The predicted octanol–water partition coefficient (Wildman–Crippen LogP) is 9.07. The third-order valence-corrected chi connectivity index (χ3v) is 24.2. The molecule has 0 spiro atoms. The Labute approximate surface area is 679 Å². The first-order valence-corrected chi connectivity index (χ1v) is 42.5. The Balaban J connectivity index is 0.0000278. The van der Waals surface area contributed by atoms with Crippen molar-refractivity contribution in [1.29, 1.82) is 0 Å². The first kappa shape index (κ1) is 98.6. The molecule has 3 heterocycles. The average Bonchev–Trinajstić information content (AvgIpc) is 1.62. The summed E-state index contributed by atoms with van der Waals surface area (Å²) in [6.45, 7) is 35.0. The van der Waals surface area contributed by atoms with Crippen molar-refractivity contribution in [2.24, 2.45) is 56.8 Å². The second kappa shape index (κ2) is 41.9. The van der Waals surface area contributed by atoms with E-state index >= 15 is 14.4 Å². The number of ether oxygens (including phenoxy) is 4. The molecule has 2 aromatic carbocycles. The van der Waals surface area contributed by atoms with Crippen molar-refractivity contribution >= 4 is 84.9 Å². The third kappa shape index (κ3) is 29.1. The first-order valence-electron chi connectivity index (χ1n) is 39.4. The maximum absolute atomic E-state index is 15.5. The molecule has 32 nitrogen and oxygen atoms in total. The monoisotopic (exact) mass is 1650 g/mol. The van der Waals surface area contributed by atoms with Gasteiger partial charge in [0.1, 0.15) is 51.5 Å². The molecule has 13 N–H and O–H groups in total. The Morgan fingerprint density at radius 3 is 1.70 bits per heavy atom. The minimum absolute atomic E-state index is 0. The number of carbonyl (C=O) groups is 9. The Morgan fingerprint density at radius 1 is 0.626 bits per heavy atom. The fourth-order valence-electron chi connectivity index (χ4n) is 14.4. The number of carboxylic acid groups (broad SMARTS) is 2. The molecule has 0 saturated carbocycles. The zero-order valence-corrected chi connectivity index (χ0v) is 72.1. The molecule has 1 aromatic heterocycles. The molecule has 0 saturated heterocycles. The summed E-state index contributed by atoms with van der Waals surface area (Å²) in [6, 6.07) is -5.21. The molecule has 2 unspecified atom stereocenters. The summed E-state index contributed by atoms with van der Waals surface area (Å²) in [5, 5.41) is 38.9. The van der Waals surface area contributed by atoms with Crippen LogP contribution in [0.5, 0.6) is 11.5 Å². The highest BCUT2D eigenvalue weighted by Crippen LogP contribution is 2.46. The molecular weight excluding hydrogens is 1520 g/mol. The zero-order chi connectivity index (χ0) is 86.1. The van der Waals surface area contributed by atoms with Crippen LogP contribution in [0.25, 0.3) is 0 Å². The summed E-state index contributed by atoms with van der Waals surface area (Å²) >= 11 is 0. The van der Waals surface area contributed by atoms with E-state index in [9.17, 15) is 55.8 Å². The fourth-order valence-corrected chi connectivity index (χ4v) is 17.7. The molecule has 2 aliphatic heterocycles. The van der Waals surface area contributed by atoms with E-state index in [4.69, 9.17) is 36.1 Å². The van der Waals surface area contributed by atoms with Crippen molar-refractivity contribution in [3.8, 4) is 11.5 Å². The highest BCUT2D eigenvalue weighted by Gasteiger charge is 2.41. The lowest BCUT2D eigenvalue weighted by atomic mass is 9.83. The SMILES string of the molecule is C.CCC(C)[C@@H](CC(=O)[C@@H](CCCN=C(N)CS(=O)(=O)c1c(C)c(C)c2c(c1C)OC(C)(C)C2)NC(=O)[C@@H](CCCN=C(N)NS(=O)(=O)c1c(C)c(C)c2c(c1C)OC(C)(C)C2)CC(=O)[C@@H](Cc1cnnn1CCCCC(N)C(=O)O)NC(=O)OC(C)(C)C)C(=O)N[C@@H](C(=O)C[C@H](CCCCNC(=O)OC(C)(C)C)C(=O)O)C(C)C. The number of carboxylic acids is 2. The zero-order valence-electron chi connectivity index (χ0n) is 70.4. The lowest BCUT2D eigenvalue weighted by Gasteiger charge is -2.29. The van der Waals surface area contributed by atoms with Crippen molar-refractivity contribution in [3.63, 3.8) is 0 Å². The topological polar surface area (TPSA) is 493 Å². The van der Waals surface area contributed by atoms with Gasteiger partial charge in [0.05, 0.1) is 45.7 Å². The van der Waals surface area contributed by atoms with Crippen LogP contribution in [-0.4, -0.2) is 179 Å². The van der Waals surface area contributed by atoms with Gasteiger partial charge in [-0.15, -0.1) is 5.10 Å². The summed E-state index contributed by atoms with van der Waals surface area (Å²) in [5.41, 5.74) is 21.2. The number of guanidine groups is 1. The van der Waals surface area contributed by atoms with E-state index in [0.29, 0.717) is 84.4 Å². The van der Waals surface area contributed by atoms with Crippen LogP contribution in [0, 0.1) is 71.1 Å². The van der Waals surface area contributed by atoms with Gasteiger partial charge in [0.2, 0.25) is 17.8 Å². The number of sulfone groups is 1. The molecule has 4 amide bonds. The maximum Gasteiger partial charge on any atom is 0.408 e. The second-order valence-electron chi connectivity index (χ2n) is 34.1. The summed E-state index contributed by atoms with van der Waals surface area (Å²) in [5.74, 6) is -11.2. The number of nitrogens with zero attached hydrogens (tertiary/aromatic N) is 5. The van der Waals surface area contributed by atoms with Crippen LogP contribution in [0.15, 0.2) is 26.0 Å². The smallest absolute Gasteiger partial charge is 0.408 e. The van der Waals surface area contributed by atoms with Crippen LogP contribution < -0.4 is 52.7 Å². The van der Waals surface area contributed by atoms with Crippen molar-refractivity contribution < 1.29 is 89.1 Å². The molecule has 0 radical (unpaired) electrons. The number of benzene rings is 2. The molecule has 646 valence electrons. The number of hydrogen-bond acceptors (Lipinski definition) is 22. The van der Waals surface area contributed by atoms with Crippen LogP contribution in [0.3, 0.4) is 0 Å². The summed E-state index contributed by atoms with van der Waals surface area (Å²) in [7, 11) is -8.55. The van der Waals surface area contributed by atoms with Gasteiger partial charge >= 0.3 is 24.1 Å². The van der Waals surface area contributed by atoms with E-state index in [-0.39, 0.29) is 94.2 Å². The number of alkyl carbamates (subject to hydrolysis) is 2. The van der Waals surface area contributed by atoms with Gasteiger partial charge in [-0.2, -0.15) is 0 Å². The number of aliphatic carboxylic acids is 2. The number of fused-ring (bicyclic) bond motifs is 2. The number of unbranched alkanes of at least 4 members (excludes halogenated alkanes) is 2. The van der Waals surface area contributed by atoms with Gasteiger partial charge in [-0.3, -0.25) is 43.5 Å². The number of rotatable bonds is 44. The van der Waals surface area contributed by atoms with Gasteiger partial charge in [0, 0.05) is 98.8 Å². The number of aromatic nitrogens is 3. The molecule has 3 aromatic rings. The van der Waals surface area contributed by atoms with Crippen LogP contribution in [0.2, 0.25) is 0 Å². The van der Waals surface area contributed by atoms with Gasteiger partial charge in [-0.25, -0.2) is 35.8 Å². The van der Waals surface area contributed by atoms with Gasteiger partial charge in [-0.05, 0) is 203 Å². The fraction of sp³-hybridized carbons (Fsp3) is 0.691. The largest absolute Gasteiger partial charge is 0.487 e. The quantitative estimate of drug-likeness (QED) is 0.0143. The molecule has 0 bridgehead atoms. The third-order valence-electron chi connectivity index (χ3n) is 20.7. The Bertz CT molecular complexity index is 4290. The number of aryl methyl sites for hydroxylation is 1. The van der Waals surface area contributed by atoms with E-state index in [1.807, 2.05) is 41.5 Å². The van der Waals surface area contributed by atoms with Crippen molar-refractivity contribution in [3.05, 3.63) is 56.4 Å². The minimum atomic E-state index is -4.40.